The van der Waals surface area contributed by atoms with E-state index in [0.29, 0.717) is 0 Å². The monoisotopic (exact) mass is 288 g/mol. The minimum Gasteiger partial charge on any atom is -0.476 e. The first-order valence-electron chi connectivity index (χ1n) is 5.58. The van der Waals surface area contributed by atoms with Gasteiger partial charge in [-0.05, 0) is 26.8 Å². The first kappa shape index (κ1) is 15.4. The van der Waals surface area contributed by atoms with Gasteiger partial charge in [0.2, 0.25) is 0 Å². The molecule has 0 aliphatic heterocycles. The zero-order valence-corrected chi connectivity index (χ0v) is 11.8. The molecular weight excluding hydrogens is 272 g/mol. The number of carboxylic acids is 1. The van der Waals surface area contributed by atoms with E-state index in [0.717, 1.165) is 16.8 Å². The van der Waals surface area contributed by atoms with Gasteiger partial charge in [0.25, 0.3) is 5.56 Å². The van der Waals surface area contributed by atoms with E-state index in [-0.39, 0.29) is 18.0 Å². The number of carbonyl (C=O) groups is 1. The van der Waals surface area contributed by atoms with Gasteiger partial charge in [0.1, 0.15) is 0 Å². The van der Waals surface area contributed by atoms with E-state index in [4.69, 9.17) is 5.11 Å². The van der Waals surface area contributed by atoms with Crippen molar-refractivity contribution in [2.24, 2.45) is 0 Å². The number of sulfone groups is 1. The molecule has 0 unspecified atom stereocenters. The summed E-state index contributed by atoms with van der Waals surface area (Å²) in [6, 6.07) is 2.14. The van der Waals surface area contributed by atoms with Gasteiger partial charge in [-0.1, -0.05) is 0 Å². The molecule has 1 N–H and O–H groups in total. The summed E-state index contributed by atoms with van der Waals surface area (Å²) in [5.74, 6) is -1.54. The van der Waals surface area contributed by atoms with Crippen molar-refractivity contribution in [3.05, 3.63) is 28.2 Å². The van der Waals surface area contributed by atoms with E-state index in [1.807, 2.05) is 0 Å². The summed E-state index contributed by atoms with van der Waals surface area (Å²) in [5, 5.41) is 12.4. The van der Waals surface area contributed by atoms with E-state index >= 15 is 0 Å². The van der Waals surface area contributed by atoms with Crippen molar-refractivity contribution >= 4 is 15.8 Å². The fraction of sp³-hybridized carbons (Fsp3) is 0.545. The average molecular weight is 288 g/mol. The number of hydrogen-bond acceptors (Lipinski definition) is 5. The molecule has 1 heterocycles. The summed E-state index contributed by atoms with van der Waals surface area (Å²) in [4.78, 5) is 22.2. The molecule has 1 rings (SSSR count). The molecule has 0 fully saturated rings. The normalized spacial score (nSPS) is 12.4. The van der Waals surface area contributed by atoms with Crippen LogP contribution in [-0.4, -0.2) is 39.8 Å². The topological polar surface area (TPSA) is 106 Å². The van der Waals surface area contributed by atoms with Crippen LogP contribution in [0.15, 0.2) is 16.9 Å². The largest absolute Gasteiger partial charge is 0.476 e. The Labute approximate surface area is 110 Å². The lowest BCUT2D eigenvalue weighted by atomic mass is 10.3. The van der Waals surface area contributed by atoms with E-state index < -0.39 is 26.1 Å². The fourth-order valence-corrected chi connectivity index (χ4v) is 2.26. The van der Waals surface area contributed by atoms with Crippen LogP contribution in [0.5, 0.6) is 0 Å². The molecule has 0 aliphatic rings. The maximum atomic E-state index is 11.9. The van der Waals surface area contributed by atoms with Crippen LogP contribution < -0.4 is 5.56 Å². The third kappa shape index (κ3) is 3.63. The second-order valence-electron chi connectivity index (χ2n) is 5.02. The number of rotatable bonds is 4. The van der Waals surface area contributed by atoms with Crippen molar-refractivity contribution < 1.29 is 18.3 Å². The van der Waals surface area contributed by atoms with Crippen LogP contribution >= 0.6 is 0 Å². The maximum Gasteiger partial charge on any atom is 0.356 e. The molecule has 19 heavy (non-hydrogen) atoms. The third-order valence-corrected chi connectivity index (χ3v) is 5.18. The Hall–Kier alpha value is -1.70. The highest BCUT2D eigenvalue weighted by Gasteiger charge is 2.28. The standard InChI is InChI=1S/C11H16N2O5S/c1-11(2,3)19(17,18)7-6-13-9(14)5-4-8(12-13)10(15)16/h4-5H,6-7H2,1-3H3,(H,15,16). The van der Waals surface area contributed by atoms with Crippen molar-refractivity contribution in [2.45, 2.75) is 32.1 Å². The van der Waals surface area contributed by atoms with E-state index in [1.54, 1.807) is 20.8 Å². The molecule has 0 atom stereocenters. The first-order chi connectivity index (χ1) is 8.54. The number of aromatic carboxylic acids is 1. The molecule has 1 aromatic rings. The van der Waals surface area contributed by atoms with Gasteiger partial charge < -0.3 is 5.11 Å². The van der Waals surface area contributed by atoms with Crippen molar-refractivity contribution in [1.29, 1.82) is 0 Å². The van der Waals surface area contributed by atoms with Gasteiger partial charge >= 0.3 is 5.97 Å². The van der Waals surface area contributed by atoms with Crippen molar-refractivity contribution in [1.82, 2.24) is 9.78 Å². The van der Waals surface area contributed by atoms with Crippen LogP contribution in [0.25, 0.3) is 0 Å². The molecule has 0 bridgehead atoms. The van der Waals surface area contributed by atoms with E-state index in [2.05, 4.69) is 5.10 Å². The highest BCUT2D eigenvalue weighted by Crippen LogP contribution is 2.15. The van der Waals surface area contributed by atoms with Crippen molar-refractivity contribution in [3.63, 3.8) is 0 Å². The minimum absolute atomic E-state index is 0.167. The van der Waals surface area contributed by atoms with Gasteiger partial charge in [0, 0.05) is 6.07 Å². The Morgan fingerprint density at radius 1 is 1.37 bits per heavy atom. The average Bonchev–Trinajstić information content (AvgIpc) is 2.26. The van der Waals surface area contributed by atoms with Crippen LogP contribution in [-0.2, 0) is 16.4 Å². The molecule has 7 nitrogen and oxygen atoms in total. The van der Waals surface area contributed by atoms with Gasteiger partial charge in [-0.25, -0.2) is 17.9 Å². The molecule has 0 aliphatic carbocycles. The molecule has 0 radical (unpaired) electrons. The zero-order chi connectivity index (χ0) is 14.8. The second-order valence-corrected chi connectivity index (χ2v) is 7.88. The molecule has 8 heteroatoms. The van der Waals surface area contributed by atoms with Gasteiger partial charge in [-0.3, -0.25) is 4.79 Å². The number of nitrogens with zero attached hydrogens (tertiary/aromatic N) is 2. The molecule has 0 amide bonds. The Balaban J connectivity index is 2.99. The van der Waals surface area contributed by atoms with Gasteiger partial charge in [-0.15, -0.1) is 0 Å². The lowest BCUT2D eigenvalue weighted by Gasteiger charge is -2.19. The highest BCUT2D eigenvalue weighted by atomic mass is 32.2. The quantitative estimate of drug-likeness (QED) is 0.845. The Morgan fingerprint density at radius 3 is 2.42 bits per heavy atom. The number of aromatic nitrogens is 2. The number of aryl methyl sites for hydroxylation is 1. The summed E-state index contributed by atoms with van der Waals surface area (Å²) in [6.45, 7) is 4.52. The van der Waals surface area contributed by atoms with Crippen LogP contribution in [0.2, 0.25) is 0 Å². The lowest BCUT2D eigenvalue weighted by molar-refractivity contribution is 0.0687. The molecule has 0 saturated carbocycles. The zero-order valence-electron chi connectivity index (χ0n) is 11.0. The summed E-state index contributed by atoms with van der Waals surface area (Å²) < 4.78 is 23.7. The Morgan fingerprint density at radius 2 is 1.95 bits per heavy atom. The van der Waals surface area contributed by atoms with Crippen molar-refractivity contribution in [3.8, 4) is 0 Å². The summed E-state index contributed by atoms with van der Waals surface area (Å²) >= 11 is 0. The van der Waals surface area contributed by atoms with Crippen LogP contribution in [0.4, 0.5) is 0 Å². The smallest absolute Gasteiger partial charge is 0.356 e. The fourth-order valence-electron chi connectivity index (χ4n) is 1.24. The molecule has 0 spiro atoms. The Bertz CT molecular complexity index is 640. The van der Waals surface area contributed by atoms with Crippen molar-refractivity contribution in [2.75, 3.05) is 5.75 Å². The van der Waals surface area contributed by atoms with Gasteiger partial charge in [0.05, 0.1) is 17.0 Å². The van der Waals surface area contributed by atoms with Gasteiger partial charge in [0.15, 0.2) is 15.5 Å². The van der Waals surface area contributed by atoms with Crippen LogP contribution in [0, 0.1) is 0 Å². The number of hydrogen-bond donors (Lipinski definition) is 1. The molecule has 106 valence electrons. The van der Waals surface area contributed by atoms with Gasteiger partial charge in [-0.2, -0.15) is 5.10 Å². The van der Waals surface area contributed by atoms with E-state index in [9.17, 15) is 18.0 Å². The summed E-state index contributed by atoms with van der Waals surface area (Å²) in [6.07, 6.45) is 0. The summed E-state index contributed by atoms with van der Waals surface area (Å²) in [5.41, 5.74) is -0.832. The molecular formula is C11H16N2O5S. The lowest BCUT2D eigenvalue weighted by Crippen LogP contribution is -2.34. The second kappa shape index (κ2) is 5.12. The first-order valence-corrected chi connectivity index (χ1v) is 7.23. The van der Waals surface area contributed by atoms with Crippen LogP contribution in [0.3, 0.4) is 0 Å². The number of carboxylic acid groups (broad SMARTS) is 1. The summed E-state index contributed by atoms with van der Waals surface area (Å²) in [7, 11) is -3.39. The molecule has 1 aromatic heterocycles. The SMILES string of the molecule is CC(C)(C)S(=O)(=O)CCn1nc(C(=O)O)ccc1=O. The predicted octanol–water partition coefficient (Wildman–Crippen LogP) is 0.155. The molecule has 0 aromatic carbocycles. The Kier molecular flexibility index (Phi) is 4.14. The minimum atomic E-state index is -3.39. The third-order valence-electron chi connectivity index (χ3n) is 2.59. The predicted molar refractivity (Wildman–Crippen MR) is 69.0 cm³/mol. The molecule has 0 saturated heterocycles. The van der Waals surface area contributed by atoms with Crippen LogP contribution in [0.1, 0.15) is 31.3 Å². The van der Waals surface area contributed by atoms with E-state index in [1.165, 1.54) is 0 Å². The maximum absolute atomic E-state index is 11.9. The highest BCUT2D eigenvalue weighted by molar-refractivity contribution is 7.92.